The molecule has 2 aromatic rings. The van der Waals surface area contributed by atoms with Crippen LogP contribution in [-0.2, 0) is 17.7 Å². The van der Waals surface area contributed by atoms with Crippen LogP contribution in [0.3, 0.4) is 0 Å². The van der Waals surface area contributed by atoms with Crippen molar-refractivity contribution in [3.05, 3.63) is 59.8 Å². The summed E-state index contributed by atoms with van der Waals surface area (Å²) in [5, 5.41) is 0. The van der Waals surface area contributed by atoms with Crippen LogP contribution in [0.4, 0.5) is 0 Å². The number of hydrogen-bond donors (Lipinski definition) is 0. The minimum absolute atomic E-state index is 0.276. The molecule has 0 bridgehead atoms. The number of pyridine rings is 1. The molecule has 0 spiro atoms. The van der Waals surface area contributed by atoms with Crippen molar-refractivity contribution in [3.8, 4) is 5.88 Å². The number of methoxy groups -OCH3 is 2. The molecule has 0 radical (unpaired) electrons. The molecule has 0 aliphatic carbocycles. The average Bonchev–Trinajstić information content (AvgIpc) is 2.98. The third-order valence-corrected chi connectivity index (χ3v) is 4.61. The summed E-state index contributed by atoms with van der Waals surface area (Å²) in [5.74, 6) is 0.715. The van der Waals surface area contributed by atoms with Gasteiger partial charge in [-0.05, 0) is 24.5 Å². The molecule has 122 valence electrons. The van der Waals surface area contributed by atoms with Gasteiger partial charge in [0.2, 0.25) is 5.88 Å². The molecule has 2 atom stereocenters. The second-order valence-electron chi connectivity index (χ2n) is 5.96. The molecule has 0 saturated carbocycles. The van der Waals surface area contributed by atoms with Crippen molar-refractivity contribution >= 4 is 0 Å². The molecule has 0 N–H and O–H groups in total. The van der Waals surface area contributed by atoms with E-state index < -0.39 is 0 Å². The Bertz CT molecular complexity index is 618. The standard InChI is InChI=1S/C19H24N2O2/c1-22-18-10-12-21(14-16-9-6-11-20-19(16)23-2)17(18)13-15-7-4-3-5-8-15/h3-9,11,17-18H,10,12-14H2,1-2H3/t17-,18+/m0/s1. The van der Waals surface area contributed by atoms with E-state index in [1.807, 2.05) is 13.2 Å². The van der Waals surface area contributed by atoms with E-state index in [2.05, 4.69) is 46.3 Å². The van der Waals surface area contributed by atoms with Gasteiger partial charge in [0.25, 0.3) is 0 Å². The number of benzene rings is 1. The number of aromatic nitrogens is 1. The van der Waals surface area contributed by atoms with Gasteiger partial charge < -0.3 is 9.47 Å². The monoisotopic (exact) mass is 312 g/mol. The molecule has 4 heteroatoms. The van der Waals surface area contributed by atoms with E-state index in [4.69, 9.17) is 9.47 Å². The lowest BCUT2D eigenvalue weighted by Gasteiger charge is -2.28. The summed E-state index contributed by atoms with van der Waals surface area (Å²) in [4.78, 5) is 6.79. The zero-order valence-corrected chi connectivity index (χ0v) is 13.8. The SMILES string of the molecule is COc1ncccc1CN1CC[C@@H](OC)[C@@H]1Cc1ccccc1. The summed E-state index contributed by atoms with van der Waals surface area (Å²) in [7, 11) is 3.49. The highest BCUT2D eigenvalue weighted by molar-refractivity contribution is 5.26. The van der Waals surface area contributed by atoms with Crippen molar-refractivity contribution in [2.24, 2.45) is 0 Å². The number of rotatable bonds is 6. The minimum Gasteiger partial charge on any atom is -0.481 e. The molecule has 1 aliphatic heterocycles. The van der Waals surface area contributed by atoms with Crippen molar-refractivity contribution in [1.82, 2.24) is 9.88 Å². The molecule has 3 rings (SSSR count). The minimum atomic E-state index is 0.276. The first kappa shape index (κ1) is 16.0. The van der Waals surface area contributed by atoms with Crippen molar-refractivity contribution < 1.29 is 9.47 Å². The first-order valence-electron chi connectivity index (χ1n) is 8.10. The molecule has 1 fully saturated rings. The number of hydrogen-bond acceptors (Lipinski definition) is 4. The Balaban J connectivity index is 1.77. The lowest BCUT2D eigenvalue weighted by molar-refractivity contribution is 0.0636. The Morgan fingerprint density at radius 1 is 1.13 bits per heavy atom. The maximum absolute atomic E-state index is 5.73. The predicted octanol–water partition coefficient (Wildman–Crippen LogP) is 2.92. The Kier molecular flexibility index (Phi) is 5.26. The van der Waals surface area contributed by atoms with E-state index in [-0.39, 0.29) is 6.10 Å². The van der Waals surface area contributed by atoms with E-state index in [9.17, 15) is 0 Å². The Labute approximate surface area is 138 Å². The van der Waals surface area contributed by atoms with Crippen LogP contribution in [-0.4, -0.2) is 42.8 Å². The second kappa shape index (κ2) is 7.57. The van der Waals surface area contributed by atoms with Crippen LogP contribution in [0.15, 0.2) is 48.7 Å². The third kappa shape index (κ3) is 3.71. The van der Waals surface area contributed by atoms with Crippen LogP contribution in [0.2, 0.25) is 0 Å². The fourth-order valence-corrected chi connectivity index (χ4v) is 3.42. The van der Waals surface area contributed by atoms with Crippen molar-refractivity contribution in [2.75, 3.05) is 20.8 Å². The van der Waals surface area contributed by atoms with Gasteiger partial charge in [-0.15, -0.1) is 0 Å². The van der Waals surface area contributed by atoms with Crippen LogP contribution >= 0.6 is 0 Å². The molecule has 23 heavy (non-hydrogen) atoms. The van der Waals surface area contributed by atoms with E-state index in [0.717, 1.165) is 31.5 Å². The van der Waals surface area contributed by atoms with Gasteiger partial charge in [-0.2, -0.15) is 0 Å². The van der Waals surface area contributed by atoms with Crippen molar-refractivity contribution in [1.29, 1.82) is 0 Å². The molecular weight excluding hydrogens is 288 g/mol. The van der Waals surface area contributed by atoms with E-state index in [1.165, 1.54) is 5.56 Å². The number of nitrogens with zero attached hydrogens (tertiary/aromatic N) is 2. The Morgan fingerprint density at radius 3 is 2.70 bits per heavy atom. The van der Waals surface area contributed by atoms with E-state index in [1.54, 1.807) is 13.3 Å². The van der Waals surface area contributed by atoms with Gasteiger partial charge in [0.1, 0.15) is 0 Å². The largest absolute Gasteiger partial charge is 0.481 e. The number of ether oxygens (including phenoxy) is 2. The molecule has 1 aromatic carbocycles. The number of likely N-dealkylation sites (tertiary alicyclic amines) is 1. The molecule has 0 amide bonds. The van der Waals surface area contributed by atoms with Crippen LogP contribution < -0.4 is 4.74 Å². The maximum atomic E-state index is 5.73. The lowest BCUT2D eigenvalue weighted by atomic mass is 10.0. The van der Waals surface area contributed by atoms with Gasteiger partial charge >= 0.3 is 0 Å². The highest BCUT2D eigenvalue weighted by Gasteiger charge is 2.34. The normalized spacial score (nSPS) is 21.5. The lowest BCUT2D eigenvalue weighted by Crippen LogP contribution is -2.37. The summed E-state index contributed by atoms with van der Waals surface area (Å²) in [6, 6.07) is 15.1. The van der Waals surface area contributed by atoms with Gasteiger partial charge in [-0.3, -0.25) is 4.90 Å². The van der Waals surface area contributed by atoms with Gasteiger partial charge in [0, 0.05) is 38.0 Å². The Morgan fingerprint density at radius 2 is 1.96 bits per heavy atom. The van der Waals surface area contributed by atoms with Crippen LogP contribution in [0.25, 0.3) is 0 Å². The summed E-state index contributed by atoms with van der Waals surface area (Å²) >= 11 is 0. The first-order chi connectivity index (χ1) is 11.3. The van der Waals surface area contributed by atoms with Crippen molar-refractivity contribution in [2.45, 2.75) is 31.5 Å². The van der Waals surface area contributed by atoms with Crippen LogP contribution in [0, 0.1) is 0 Å². The summed E-state index contributed by atoms with van der Waals surface area (Å²) < 4.78 is 11.1. The smallest absolute Gasteiger partial charge is 0.217 e. The molecular formula is C19H24N2O2. The Hall–Kier alpha value is -1.91. The predicted molar refractivity (Wildman–Crippen MR) is 90.5 cm³/mol. The summed E-state index contributed by atoms with van der Waals surface area (Å²) in [5.41, 5.74) is 2.48. The highest BCUT2D eigenvalue weighted by Crippen LogP contribution is 2.27. The molecule has 1 saturated heterocycles. The van der Waals surface area contributed by atoms with E-state index in [0.29, 0.717) is 11.9 Å². The average molecular weight is 312 g/mol. The summed E-state index contributed by atoms with van der Waals surface area (Å²) in [6.45, 7) is 1.88. The van der Waals surface area contributed by atoms with E-state index >= 15 is 0 Å². The van der Waals surface area contributed by atoms with Gasteiger partial charge in [0.05, 0.1) is 13.2 Å². The molecule has 1 aromatic heterocycles. The van der Waals surface area contributed by atoms with Gasteiger partial charge in [-0.1, -0.05) is 36.4 Å². The van der Waals surface area contributed by atoms with Gasteiger partial charge in [0.15, 0.2) is 0 Å². The molecule has 4 nitrogen and oxygen atoms in total. The topological polar surface area (TPSA) is 34.6 Å². The van der Waals surface area contributed by atoms with Gasteiger partial charge in [-0.25, -0.2) is 4.98 Å². The zero-order chi connectivity index (χ0) is 16.1. The highest BCUT2D eigenvalue weighted by atomic mass is 16.5. The fraction of sp³-hybridized carbons (Fsp3) is 0.421. The molecule has 1 aliphatic rings. The second-order valence-corrected chi connectivity index (χ2v) is 5.96. The van der Waals surface area contributed by atoms with Crippen molar-refractivity contribution in [3.63, 3.8) is 0 Å². The summed E-state index contributed by atoms with van der Waals surface area (Å²) in [6.07, 6.45) is 4.11. The molecule has 2 heterocycles. The third-order valence-electron chi connectivity index (χ3n) is 4.61. The quantitative estimate of drug-likeness (QED) is 0.821. The van der Waals surface area contributed by atoms with Crippen LogP contribution in [0.1, 0.15) is 17.5 Å². The zero-order valence-electron chi connectivity index (χ0n) is 13.8. The first-order valence-corrected chi connectivity index (χ1v) is 8.10. The fourth-order valence-electron chi connectivity index (χ4n) is 3.42. The maximum Gasteiger partial charge on any atom is 0.217 e. The molecule has 0 unspecified atom stereocenters. The van der Waals surface area contributed by atoms with Crippen LogP contribution in [0.5, 0.6) is 5.88 Å².